The number of fused-ring (bicyclic) bond motifs is 3. The topological polar surface area (TPSA) is 60.2 Å². The normalized spacial score (nSPS) is 21.1. The molecule has 3 heterocycles. The third-order valence-corrected chi connectivity index (χ3v) is 5.79. The Kier molecular flexibility index (Phi) is 4.20. The van der Waals surface area contributed by atoms with Gasteiger partial charge in [-0.1, -0.05) is 24.3 Å². The first-order chi connectivity index (χ1) is 13.7. The van der Waals surface area contributed by atoms with E-state index in [-0.39, 0.29) is 17.7 Å². The van der Waals surface area contributed by atoms with Crippen LogP contribution < -0.4 is 10.5 Å². The molecule has 2 aromatic heterocycles. The second kappa shape index (κ2) is 6.87. The smallest absolute Gasteiger partial charge is 0.255 e. The standard InChI is InChI=1S/C22H22N4O2/c1-25-20(27)14-18(16-8-10-23-11-9-16)24-22(25)26-12-13-28-21-17-5-3-2-4-15(17)6-7-19(21)26/h2-5,8-11,14,19,21H,6-7,12-13H2,1H3/t19-,21-/m0/s1. The van der Waals surface area contributed by atoms with E-state index in [1.54, 1.807) is 30.1 Å². The lowest BCUT2D eigenvalue weighted by atomic mass is 9.84. The molecule has 1 aromatic carbocycles. The van der Waals surface area contributed by atoms with Crippen molar-refractivity contribution in [2.45, 2.75) is 25.0 Å². The summed E-state index contributed by atoms with van der Waals surface area (Å²) in [6.45, 7) is 1.34. The summed E-state index contributed by atoms with van der Waals surface area (Å²) in [6.07, 6.45) is 5.44. The van der Waals surface area contributed by atoms with Gasteiger partial charge in [0.25, 0.3) is 5.56 Å². The number of rotatable bonds is 2. The number of nitrogens with zero attached hydrogens (tertiary/aromatic N) is 4. The predicted molar refractivity (Wildman–Crippen MR) is 107 cm³/mol. The minimum atomic E-state index is -0.0592. The maximum absolute atomic E-state index is 12.7. The van der Waals surface area contributed by atoms with E-state index < -0.39 is 0 Å². The third kappa shape index (κ3) is 2.81. The number of anilines is 1. The molecule has 1 fully saturated rings. The predicted octanol–water partition coefficient (Wildman–Crippen LogP) is 2.74. The monoisotopic (exact) mass is 374 g/mol. The molecule has 1 saturated heterocycles. The van der Waals surface area contributed by atoms with Gasteiger partial charge >= 0.3 is 0 Å². The fourth-order valence-electron chi connectivity index (χ4n) is 4.37. The van der Waals surface area contributed by atoms with Crippen LogP contribution >= 0.6 is 0 Å². The Balaban J connectivity index is 1.58. The number of aromatic nitrogens is 3. The van der Waals surface area contributed by atoms with E-state index in [1.165, 1.54) is 11.1 Å². The number of hydrogen-bond acceptors (Lipinski definition) is 5. The van der Waals surface area contributed by atoms with Crippen LogP contribution in [0.5, 0.6) is 0 Å². The zero-order chi connectivity index (χ0) is 19.1. The van der Waals surface area contributed by atoms with Gasteiger partial charge in [0.1, 0.15) is 6.10 Å². The fourth-order valence-corrected chi connectivity index (χ4v) is 4.37. The van der Waals surface area contributed by atoms with Gasteiger partial charge in [0.15, 0.2) is 0 Å². The van der Waals surface area contributed by atoms with Gasteiger partial charge < -0.3 is 9.64 Å². The zero-order valence-corrected chi connectivity index (χ0v) is 15.8. The molecule has 0 saturated carbocycles. The summed E-state index contributed by atoms with van der Waals surface area (Å²) in [5.41, 5.74) is 4.14. The Morgan fingerprint density at radius 2 is 1.96 bits per heavy atom. The Bertz CT molecular complexity index is 1060. The molecule has 2 aliphatic rings. The van der Waals surface area contributed by atoms with Crippen molar-refractivity contribution in [2.75, 3.05) is 18.1 Å². The van der Waals surface area contributed by atoms with Crippen molar-refractivity contribution in [2.24, 2.45) is 7.05 Å². The highest BCUT2D eigenvalue weighted by atomic mass is 16.5. The van der Waals surface area contributed by atoms with Gasteiger partial charge in [0, 0.05) is 37.6 Å². The third-order valence-electron chi connectivity index (χ3n) is 5.79. The molecule has 142 valence electrons. The van der Waals surface area contributed by atoms with Crippen LogP contribution in [-0.2, 0) is 18.2 Å². The van der Waals surface area contributed by atoms with Crippen LogP contribution in [0.3, 0.4) is 0 Å². The minimum absolute atomic E-state index is 0.0141. The lowest BCUT2D eigenvalue weighted by Crippen LogP contribution is -2.51. The van der Waals surface area contributed by atoms with Crippen LogP contribution in [0, 0.1) is 0 Å². The number of morpholine rings is 1. The van der Waals surface area contributed by atoms with E-state index in [4.69, 9.17) is 9.72 Å². The SMILES string of the molecule is Cn1c(N2CCO[C@H]3c4ccccc4CC[C@@H]32)nc(-c2ccncc2)cc1=O. The highest BCUT2D eigenvalue weighted by molar-refractivity contribution is 5.59. The quantitative estimate of drug-likeness (QED) is 0.690. The van der Waals surface area contributed by atoms with Crippen LogP contribution in [-0.4, -0.2) is 33.7 Å². The summed E-state index contributed by atoms with van der Waals surface area (Å²) in [6, 6.07) is 14.0. The first-order valence-electron chi connectivity index (χ1n) is 9.67. The average Bonchev–Trinajstić information content (AvgIpc) is 2.75. The van der Waals surface area contributed by atoms with Crippen molar-refractivity contribution in [3.8, 4) is 11.3 Å². The van der Waals surface area contributed by atoms with Gasteiger partial charge in [-0.2, -0.15) is 0 Å². The molecular weight excluding hydrogens is 352 g/mol. The van der Waals surface area contributed by atoms with Crippen LogP contribution in [0.1, 0.15) is 23.7 Å². The summed E-state index contributed by atoms with van der Waals surface area (Å²) >= 11 is 0. The first kappa shape index (κ1) is 17.1. The second-order valence-corrected chi connectivity index (χ2v) is 7.36. The molecule has 6 heteroatoms. The molecule has 0 spiro atoms. The summed E-state index contributed by atoms with van der Waals surface area (Å²) in [4.78, 5) is 23.9. The average molecular weight is 374 g/mol. The number of pyridine rings is 1. The lowest BCUT2D eigenvalue weighted by Gasteiger charge is -2.45. The van der Waals surface area contributed by atoms with Gasteiger partial charge in [-0.15, -0.1) is 0 Å². The molecule has 3 aromatic rings. The van der Waals surface area contributed by atoms with Crippen molar-refractivity contribution < 1.29 is 4.74 Å². The highest BCUT2D eigenvalue weighted by Crippen LogP contribution is 2.39. The van der Waals surface area contributed by atoms with Crippen molar-refractivity contribution in [1.82, 2.24) is 14.5 Å². The van der Waals surface area contributed by atoms with Crippen LogP contribution in [0.2, 0.25) is 0 Å². The van der Waals surface area contributed by atoms with Crippen LogP contribution in [0.4, 0.5) is 5.95 Å². The maximum Gasteiger partial charge on any atom is 0.255 e. The van der Waals surface area contributed by atoms with E-state index in [0.717, 1.165) is 24.9 Å². The van der Waals surface area contributed by atoms with E-state index in [0.29, 0.717) is 18.2 Å². The Labute approximate surface area is 163 Å². The summed E-state index contributed by atoms with van der Waals surface area (Å²) in [7, 11) is 1.79. The molecule has 2 atom stereocenters. The molecule has 28 heavy (non-hydrogen) atoms. The minimum Gasteiger partial charge on any atom is -0.370 e. The van der Waals surface area contributed by atoms with Gasteiger partial charge in [-0.25, -0.2) is 4.98 Å². The Morgan fingerprint density at radius 1 is 1.14 bits per heavy atom. The van der Waals surface area contributed by atoms with Gasteiger partial charge in [0.2, 0.25) is 5.95 Å². The first-order valence-corrected chi connectivity index (χ1v) is 9.67. The molecule has 5 rings (SSSR count). The molecule has 6 nitrogen and oxygen atoms in total. The number of aryl methyl sites for hydroxylation is 1. The fraction of sp³-hybridized carbons (Fsp3) is 0.318. The molecule has 1 aliphatic carbocycles. The summed E-state index contributed by atoms with van der Waals surface area (Å²) in [5.74, 6) is 0.706. The number of benzene rings is 1. The maximum atomic E-state index is 12.7. The lowest BCUT2D eigenvalue weighted by molar-refractivity contribution is 0.00176. The van der Waals surface area contributed by atoms with E-state index in [2.05, 4.69) is 34.1 Å². The zero-order valence-electron chi connectivity index (χ0n) is 15.8. The number of ether oxygens (including phenoxy) is 1. The molecule has 1 aliphatic heterocycles. The summed E-state index contributed by atoms with van der Waals surface area (Å²) in [5, 5.41) is 0. The molecule has 0 radical (unpaired) electrons. The Morgan fingerprint density at radius 3 is 2.82 bits per heavy atom. The van der Waals surface area contributed by atoms with E-state index in [1.807, 2.05) is 12.1 Å². The van der Waals surface area contributed by atoms with Crippen LogP contribution in [0.25, 0.3) is 11.3 Å². The van der Waals surface area contributed by atoms with Crippen LogP contribution in [0.15, 0.2) is 59.7 Å². The van der Waals surface area contributed by atoms with Gasteiger partial charge in [-0.3, -0.25) is 14.3 Å². The van der Waals surface area contributed by atoms with Crippen molar-refractivity contribution >= 4 is 5.95 Å². The molecule has 0 amide bonds. The van der Waals surface area contributed by atoms with E-state index >= 15 is 0 Å². The van der Waals surface area contributed by atoms with Crippen molar-refractivity contribution in [1.29, 1.82) is 0 Å². The van der Waals surface area contributed by atoms with Crippen molar-refractivity contribution in [3.63, 3.8) is 0 Å². The highest BCUT2D eigenvalue weighted by Gasteiger charge is 2.38. The largest absolute Gasteiger partial charge is 0.370 e. The van der Waals surface area contributed by atoms with Gasteiger partial charge in [-0.05, 0) is 36.1 Å². The number of hydrogen-bond donors (Lipinski definition) is 0. The van der Waals surface area contributed by atoms with Crippen molar-refractivity contribution in [3.05, 3.63) is 76.3 Å². The summed E-state index contributed by atoms with van der Waals surface area (Å²) < 4.78 is 7.83. The molecule has 0 unspecified atom stereocenters. The van der Waals surface area contributed by atoms with E-state index in [9.17, 15) is 4.79 Å². The second-order valence-electron chi connectivity index (χ2n) is 7.36. The molecule has 0 bridgehead atoms. The Hall–Kier alpha value is -2.99. The van der Waals surface area contributed by atoms with Gasteiger partial charge in [0.05, 0.1) is 18.3 Å². The molecular formula is C22H22N4O2. The molecule has 0 N–H and O–H groups in total.